The molecule has 0 radical (unpaired) electrons. The summed E-state index contributed by atoms with van der Waals surface area (Å²) in [5.41, 5.74) is 2.12. The van der Waals surface area contributed by atoms with E-state index in [1.165, 1.54) is 6.20 Å². The molecule has 0 atom stereocenters. The number of aliphatic hydroxyl groups is 1. The molecule has 2 aromatic carbocycles. The van der Waals surface area contributed by atoms with Gasteiger partial charge in [-0.05, 0) is 29.7 Å². The minimum absolute atomic E-state index is 0.0278. The standard InChI is InChI=1S/C23H25N3O4/c1-2-3-12-30-23(29)20-6-4-5-7-21(20)26-22(28)19(13-24)15-25-14-17-8-10-18(16-27)11-9-17/h4-11,15,25,27H,2-3,12,14,16H2,1H3,(H,26,28)/b19-15-. The molecule has 0 aromatic heterocycles. The Balaban J connectivity index is 2.01. The van der Waals surface area contributed by atoms with Gasteiger partial charge in [0.2, 0.25) is 0 Å². The molecule has 0 saturated carbocycles. The number of aliphatic hydroxyl groups excluding tert-OH is 1. The fourth-order valence-corrected chi connectivity index (χ4v) is 2.53. The van der Waals surface area contributed by atoms with Gasteiger partial charge in [-0.1, -0.05) is 49.7 Å². The van der Waals surface area contributed by atoms with Crippen LogP contribution in [0.4, 0.5) is 5.69 Å². The zero-order chi connectivity index (χ0) is 21.8. The topological polar surface area (TPSA) is 111 Å². The molecule has 7 heteroatoms. The fourth-order valence-electron chi connectivity index (χ4n) is 2.53. The normalized spacial score (nSPS) is 10.8. The molecule has 0 heterocycles. The van der Waals surface area contributed by atoms with Crippen LogP contribution in [0.25, 0.3) is 0 Å². The van der Waals surface area contributed by atoms with E-state index in [4.69, 9.17) is 9.84 Å². The van der Waals surface area contributed by atoms with Crippen molar-refractivity contribution >= 4 is 17.6 Å². The summed E-state index contributed by atoms with van der Waals surface area (Å²) in [6.07, 6.45) is 2.99. The number of ether oxygens (including phenoxy) is 1. The van der Waals surface area contributed by atoms with Crippen molar-refractivity contribution in [1.29, 1.82) is 5.26 Å². The van der Waals surface area contributed by atoms with Gasteiger partial charge in [-0.2, -0.15) is 5.26 Å². The number of anilines is 1. The van der Waals surface area contributed by atoms with Crippen molar-refractivity contribution in [2.24, 2.45) is 0 Å². The number of amides is 1. The first-order chi connectivity index (χ1) is 14.6. The van der Waals surface area contributed by atoms with Gasteiger partial charge in [0.15, 0.2) is 0 Å². The summed E-state index contributed by atoms with van der Waals surface area (Å²) in [4.78, 5) is 24.7. The molecule has 7 nitrogen and oxygen atoms in total. The molecule has 0 bridgehead atoms. The lowest BCUT2D eigenvalue weighted by atomic mass is 10.1. The molecule has 0 aliphatic rings. The first kappa shape index (κ1) is 22.7. The van der Waals surface area contributed by atoms with E-state index in [2.05, 4.69) is 10.6 Å². The quantitative estimate of drug-likeness (QED) is 0.241. The number of rotatable bonds is 10. The smallest absolute Gasteiger partial charge is 0.340 e. The Kier molecular flexibility index (Phi) is 9.10. The summed E-state index contributed by atoms with van der Waals surface area (Å²) in [6, 6.07) is 15.7. The van der Waals surface area contributed by atoms with E-state index in [9.17, 15) is 14.9 Å². The highest BCUT2D eigenvalue weighted by Gasteiger charge is 2.16. The molecular formula is C23H25N3O4. The Hall–Kier alpha value is -3.63. The van der Waals surface area contributed by atoms with Crippen LogP contribution in [-0.2, 0) is 22.7 Å². The first-order valence-electron chi connectivity index (χ1n) is 9.68. The third-order valence-electron chi connectivity index (χ3n) is 4.25. The van der Waals surface area contributed by atoms with E-state index in [-0.39, 0.29) is 23.4 Å². The highest BCUT2D eigenvalue weighted by molar-refractivity contribution is 6.09. The van der Waals surface area contributed by atoms with Crippen molar-refractivity contribution in [3.63, 3.8) is 0 Å². The van der Waals surface area contributed by atoms with Crippen LogP contribution in [0, 0.1) is 11.3 Å². The predicted octanol–water partition coefficient (Wildman–Crippen LogP) is 3.27. The number of hydrogen-bond donors (Lipinski definition) is 3. The average molecular weight is 407 g/mol. The van der Waals surface area contributed by atoms with E-state index in [0.29, 0.717) is 13.2 Å². The van der Waals surface area contributed by atoms with Gasteiger partial charge in [-0.3, -0.25) is 4.79 Å². The van der Waals surface area contributed by atoms with E-state index in [1.54, 1.807) is 36.4 Å². The van der Waals surface area contributed by atoms with Crippen molar-refractivity contribution in [2.45, 2.75) is 32.9 Å². The molecule has 156 valence electrons. The van der Waals surface area contributed by atoms with Gasteiger partial charge >= 0.3 is 5.97 Å². The van der Waals surface area contributed by atoms with E-state index in [0.717, 1.165) is 24.0 Å². The molecule has 0 saturated heterocycles. The zero-order valence-corrected chi connectivity index (χ0v) is 16.9. The molecule has 0 aliphatic heterocycles. The number of carbonyl (C=O) groups excluding carboxylic acids is 2. The second-order valence-corrected chi connectivity index (χ2v) is 6.51. The van der Waals surface area contributed by atoms with Crippen LogP contribution in [0.2, 0.25) is 0 Å². The predicted molar refractivity (Wildman–Crippen MR) is 113 cm³/mol. The molecule has 0 aliphatic carbocycles. The summed E-state index contributed by atoms with van der Waals surface area (Å²) in [5, 5.41) is 23.9. The Morgan fingerprint density at radius 3 is 2.50 bits per heavy atom. The number of benzene rings is 2. The molecule has 0 spiro atoms. The highest BCUT2D eigenvalue weighted by Crippen LogP contribution is 2.17. The second-order valence-electron chi connectivity index (χ2n) is 6.51. The van der Waals surface area contributed by atoms with E-state index in [1.807, 2.05) is 25.1 Å². The molecule has 30 heavy (non-hydrogen) atoms. The van der Waals surface area contributed by atoms with Gasteiger partial charge in [0.05, 0.1) is 24.5 Å². The van der Waals surface area contributed by atoms with E-state index < -0.39 is 11.9 Å². The van der Waals surface area contributed by atoms with Crippen LogP contribution in [0.1, 0.15) is 41.3 Å². The molecule has 1 amide bonds. The largest absolute Gasteiger partial charge is 0.462 e. The Morgan fingerprint density at radius 1 is 1.13 bits per heavy atom. The van der Waals surface area contributed by atoms with Crippen molar-refractivity contribution < 1.29 is 19.4 Å². The van der Waals surface area contributed by atoms with Gasteiger partial charge < -0.3 is 20.5 Å². The summed E-state index contributed by atoms with van der Waals surface area (Å²) in [5.74, 6) is -1.15. The molecule has 0 unspecified atom stereocenters. The number of esters is 1. The van der Waals surface area contributed by atoms with Gasteiger partial charge in [-0.25, -0.2) is 4.79 Å². The lowest BCUT2D eigenvalue weighted by molar-refractivity contribution is -0.112. The van der Waals surface area contributed by atoms with Crippen LogP contribution >= 0.6 is 0 Å². The van der Waals surface area contributed by atoms with Crippen molar-refractivity contribution in [3.05, 3.63) is 77.0 Å². The van der Waals surface area contributed by atoms with Gasteiger partial charge in [0, 0.05) is 12.7 Å². The Labute approximate surface area is 176 Å². The molecule has 2 aromatic rings. The van der Waals surface area contributed by atoms with Crippen molar-refractivity contribution in [3.8, 4) is 6.07 Å². The maximum Gasteiger partial charge on any atom is 0.340 e. The van der Waals surface area contributed by atoms with Crippen LogP contribution < -0.4 is 10.6 Å². The second kappa shape index (κ2) is 12.0. The van der Waals surface area contributed by atoms with Crippen molar-refractivity contribution in [2.75, 3.05) is 11.9 Å². The average Bonchev–Trinajstić information content (AvgIpc) is 2.77. The van der Waals surface area contributed by atoms with E-state index >= 15 is 0 Å². The monoisotopic (exact) mass is 407 g/mol. The number of nitrogens with zero attached hydrogens (tertiary/aromatic N) is 1. The van der Waals surface area contributed by atoms with Gasteiger partial charge in [0.1, 0.15) is 11.6 Å². The molecule has 0 fully saturated rings. The van der Waals surface area contributed by atoms with Crippen LogP contribution in [0.3, 0.4) is 0 Å². The number of para-hydroxylation sites is 1. The summed E-state index contributed by atoms with van der Waals surface area (Å²) >= 11 is 0. The van der Waals surface area contributed by atoms with Crippen LogP contribution in [-0.4, -0.2) is 23.6 Å². The minimum atomic E-state index is -0.630. The molecular weight excluding hydrogens is 382 g/mol. The minimum Gasteiger partial charge on any atom is -0.462 e. The summed E-state index contributed by atoms with van der Waals surface area (Å²) in [7, 11) is 0. The number of nitriles is 1. The van der Waals surface area contributed by atoms with Gasteiger partial charge in [-0.15, -0.1) is 0 Å². The maximum atomic E-state index is 12.5. The maximum absolute atomic E-state index is 12.5. The zero-order valence-electron chi connectivity index (χ0n) is 16.9. The van der Waals surface area contributed by atoms with Crippen molar-refractivity contribution in [1.82, 2.24) is 5.32 Å². The Morgan fingerprint density at radius 2 is 1.83 bits per heavy atom. The van der Waals surface area contributed by atoms with Gasteiger partial charge in [0.25, 0.3) is 5.91 Å². The lowest BCUT2D eigenvalue weighted by Gasteiger charge is -2.10. The SMILES string of the molecule is CCCCOC(=O)c1ccccc1NC(=O)/C(C#N)=C\NCc1ccc(CO)cc1. The summed E-state index contributed by atoms with van der Waals surface area (Å²) < 4.78 is 5.21. The number of hydrogen-bond acceptors (Lipinski definition) is 6. The first-order valence-corrected chi connectivity index (χ1v) is 9.68. The Bertz CT molecular complexity index is 930. The molecule has 3 N–H and O–H groups in total. The van der Waals surface area contributed by atoms with Crippen LogP contribution in [0.5, 0.6) is 0 Å². The fraction of sp³-hybridized carbons (Fsp3) is 0.261. The lowest BCUT2D eigenvalue weighted by Crippen LogP contribution is -2.19. The molecule has 2 rings (SSSR count). The number of unbranched alkanes of at least 4 members (excludes halogenated alkanes) is 1. The third-order valence-corrected chi connectivity index (χ3v) is 4.25. The number of nitrogens with one attached hydrogen (secondary N) is 2. The summed E-state index contributed by atoms with van der Waals surface area (Å²) in [6.45, 7) is 2.69. The highest BCUT2D eigenvalue weighted by atomic mass is 16.5. The third kappa shape index (κ3) is 6.76. The number of carbonyl (C=O) groups is 2. The van der Waals surface area contributed by atoms with Crippen LogP contribution in [0.15, 0.2) is 60.3 Å².